The Morgan fingerprint density at radius 3 is 2.65 bits per heavy atom. The van der Waals surface area contributed by atoms with Gasteiger partial charge in [0.05, 0.1) is 6.04 Å². The molecule has 0 bridgehead atoms. The van der Waals surface area contributed by atoms with E-state index in [1.165, 1.54) is 0 Å². The molecule has 88 valence electrons. The van der Waals surface area contributed by atoms with Gasteiger partial charge < -0.3 is 5.73 Å². The number of anilines is 1. The molecule has 5 N–H and O–H groups in total. The minimum atomic E-state index is -0.0183. The van der Waals surface area contributed by atoms with Gasteiger partial charge in [-0.15, -0.1) is 0 Å². The zero-order valence-corrected chi connectivity index (χ0v) is 9.38. The lowest BCUT2D eigenvalue weighted by Crippen LogP contribution is -2.29. The molecule has 5 heteroatoms. The molecule has 2 heterocycles. The molecule has 0 aromatic carbocycles. The van der Waals surface area contributed by atoms with Crippen LogP contribution in [-0.4, -0.2) is 9.97 Å². The number of aromatic nitrogens is 2. The summed E-state index contributed by atoms with van der Waals surface area (Å²) >= 11 is 0. The van der Waals surface area contributed by atoms with Crippen LogP contribution in [-0.2, 0) is 6.42 Å². The normalized spacial score (nSPS) is 12.3. The predicted molar refractivity (Wildman–Crippen MR) is 66.7 cm³/mol. The van der Waals surface area contributed by atoms with Crippen molar-refractivity contribution in [1.82, 2.24) is 15.4 Å². The van der Waals surface area contributed by atoms with E-state index in [0.29, 0.717) is 6.42 Å². The molecule has 1 unspecified atom stereocenters. The third kappa shape index (κ3) is 2.77. The van der Waals surface area contributed by atoms with Crippen molar-refractivity contribution in [2.24, 2.45) is 5.84 Å². The average molecular weight is 229 g/mol. The van der Waals surface area contributed by atoms with Gasteiger partial charge in [0.15, 0.2) is 0 Å². The second kappa shape index (κ2) is 5.38. The van der Waals surface area contributed by atoms with E-state index in [1.54, 1.807) is 30.9 Å². The van der Waals surface area contributed by atoms with E-state index in [-0.39, 0.29) is 6.04 Å². The number of pyridine rings is 2. The van der Waals surface area contributed by atoms with Crippen LogP contribution in [0, 0.1) is 0 Å². The van der Waals surface area contributed by atoms with Crippen LogP contribution in [0.1, 0.15) is 17.2 Å². The van der Waals surface area contributed by atoms with Crippen molar-refractivity contribution in [3.8, 4) is 0 Å². The van der Waals surface area contributed by atoms with Gasteiger partial charge in [0.2, 0.25) is 0 Å². The summed E-state index contributed by atoms with van der Waals surface area (Å²) in [6.45, 7) is 0. The van der Waals surface area contributed by atoms with Crippen molar-refractivity contribution in [2.45, 2.75) is 12.5 Å². The van der Waals surface area contributed by atoms with Crippen molar-refractivity contribution >= 4 is 5.69 Å². The molecule has 0 radical (unpaired) electrons. The van der Waals surface area contributed by atoms with E-state index in [9.17, 15) is 0 Å². The fraction of sp³-hybridized carbons (Fsp3) is 0.167. The molecule has 5 nitrogen and oxygen atoms in total. The Morgan fingerprint density at radius 2 is 2.00 bits per heavy atom. The second-order valence-corrected chi connectivity index (χ2v) is 3.78. The fourth-order valence-electron chi connectivity index (χ4n) is 1.68. The highest BCUT2D eigenvalue weighted by molar-refractivity contribution is 5.45. The molecular formula is C12H15N5. The summed E-state index contributed by atoms with van der Waals surface area (Å²) in [6, 6.07) is 5.62. The van der Waals surface area contributed by atoms with Gasteiger partial charge in [-0.1, -0.05) is 6.07 Å². The predicted octanol–water partition coefficient (Wildman–Crippen LogP) is 0.806. The Balaban J connectivity index is 2.19. The average Bonchev–Trinajstić information content (AvgIpc) is 2.39. The first kappa shape index (κ1) is 11.5. The van der Waals surface area contributed by atoms with Crippen LogP contribution in [0.3, 0.4) is 0 Å². The summed E-state index contributed by atoms with van der Waals surface area (Å²) < 4.78 is 0. The van der Waals surface area contributed by atoms with Crippen LogP contribution in [0.25, 0.3) is 0 Å². The minimum Gasteiger partial charge on any atom is -0.398 e. The smallest absolute Gasteiger partial charge is 0.0516 e. The molecule has 0 spiro atoms. The number of hydrazine groups is 1. The van der Waals surface area contributed by atoms with Crippen LogP contribution in [0.5, 0.6) is 0 Å². The molecule has 17 heavy (non-hydrogen) atoms. The number of hydrogen-bond acceptors (Lipinski definition) is 5. The monoisotopic (exact) mass is 229 g/mol. The van der Waals surface area contributed by atoms with E-state index in [2.05, 4.69) is 15.4 Å². The summed E-state index contributed by atoms with van der Waals surface area (Å²) in [4.78, 5) is 8.14. The van der Waals surface area contributed by atoms with Gasteiger partial charge in [-0.25, -0.2) is 0 Å². The zero-order chi connectivity index (χ0) is 12.1. The van der Waals surface area contributed by atoms with Crippen molar-refractivity contribution in [1.29, 1.82) is 0 Å². The molecule has 0 aliphatic rings. The van der Waals surface area contributed by atoms with Gasteiger partial charge in [-0.2, -0.15) is 0 Å². The van der Waals surface area contributed by atoms with Crippen molar-refractivity contribution in [2.75, 3.05) is 5.73 Å². The maximum absolute atomic E-state index is 5.88. The Bertz CT molecular complexity index is 471. The highest BCUT2D eigenvalue weighted by atomic mass is 15.2. The standard InChI is InChI=1S/C12H15N5/c13-11-3-5-16-8-10(11)6-12(17-14)9-2-1-4-15-7-9/h1-5,7-8,12,17H,6,14H2,(H2,13,16). The van der Waals surface area contributed by atoms with E-state index in [4.69, 9.17) is 11.6 Å². The first-order chi connectivity index (χ1) is 8.31. The molecule has 0 aliphatic heterocycles. The second-order valence-electron chi connectivity index (χ2n) is 3.78. The highest BCUT2D eigenvalue weighted by Crippen LogP contribution is 2.19. The molecule has 2 aromatic heterocycles. The van der Waals surface area contributed by atoms with Gasteiger partial charge in [0.1, 0.15) is 0 Å². The largest absolute Gasteiger partial charge is 0.398 e. The lowest BCUT2D eigenvalue weighted by Gasteiger charge is -2.16. The van der Waals surface area contributed by atoms with Crippen LogP contribution < -0.4 is 17.0 Å². The van der Waals surface area contributed by atoms with Gasteiger partial charge in [0, 0.05) is 30.5 Å². The maximum Gasteiger partial charge on any atom is 0.0516 e. The number of hydrogen-bond donors (Lipinski definition) is 3. The van der Waals surface area contributed by atoms with E-state index < -0.39 is 0 Å². The van der Waals surface area contributed by atoms with Gasteiger partial charge in [-0.05, 0) is 29.7 Å². The fourth-order valence-corrected chi connectivity index (χ4v) is 1.68. The Morgan fingerprint density at radius 1 is 1.18 bits per heavy atom. The molecule has 0 saturated carbocycles. The number of nitrogen functional groups attached to an aromatic ring is 1. The van der Waals surface area contributed by atoms with Gasteiger partial charge in [0.25, 0.3) is 0 Å². The lowest BCUT2D eigenvalue weighted by molar-refractivity contribution is 0.550. The first-order valence-corrected chi connectivity index (χ1v) is 5.35. The van der Waals surface area contributed by atoms with Crippen molar-refractivity contribution in [3.05, 3.63) is 54.1 Å². The summed E-state index contributed by atoms with van der Waals surface area (Å²) in [5.41, 5.74) is 11.4. The number of nitrogens with zero attached hydrogens (tertiary/aromatic N) is 2. The molecule has 2 rings (SSSR count). The number of rotatable bonds is 4. The SMILES string of the molecule is NNC(Cc1cnccc1N)c1cccnc1. The molecular weight excluding hydrogens is 214 g/mol. The van der Waals surface area contributed by atoms with Gasteiger partial charge >= 0.3 is 0 Å². The zero-order valence-electron chi connectivity index (χ0n) is 9.38. The molecule has 0 amide bonds. The Kier molecular flexibility index (Phi) is 3.64. The first-order valence-electron chi connectivity index (χ1n) is 5.35. The van der Waals surface area contributed by atoms with E-state index in [1.807, 2.05) is 12.1 Å². The van der Waals surface area contributed by atoms with Crippen LogP contribution in [0.2, 0.25) is 0 Å². The third-order valence-corrected chi connectivity index (χ3v) is 2.65. The summed E-state index contributed by atoms with van der Waals surface area (Å²) in [7, 11) is 0. The molecule has 0 aliphatic carbocycles. The number of nitrogens with one attached hydrogen (secondary N) is 1. The third-order valence-electron chi connectivity index (χ3n) is 2.65. The van der Waals surface area contributed by atoms with Crippen LogP contribution in [0.4, 0.5) is 5.69 Å². The van der Waals surface area contributed by atoms with Gasteiger partial charge in [-0.3, -0.25) is 21.2 Å². The topological polar surface area (TPSA) is 89.8 Å². The Labute approximate surface area is 99.9 Å². The maximum atomic E-state index is 5.88. The molecule has 2 aromatic rings. The molecule has 0 fully saturated rings. The molecule has 1 atom stereocenters. The quantitative estimate of drug-likeness (QED) is 0.533. The summed E-state index contributed by atoms with van der Waals surface area (Å²) in [6.07, 6.45) is 7.64. The summed E-state index contributed by atoms with van der Waals surface area (Å²) in [5, 5.41) is 0. The van der Waals surface area contributed by atoms with E-state index in [0.717, 1.165) is 16.8 Å². The van der Waals surface area contributed by atoms with Crippen molar-refractivity contribution in [3.63, 3.8) is 0 Å². The van der Waals surface area contributed by atoms with Crippen molar-refractivity contribution < 1.29 is 0 Å². The number of nitrogens with two attached hydrogens (primary N) is 2. The van der Waals surface area contributed by atoms with Crippen LogP contribution >= 0.6 is 0 Å². The summed E-state index contributed by atoms with van der Waals surface area (Å²) in [5.74, 6) is 5.56. The lowest BCUT2D eigenvalue weighted by atomic mass is 10.0. The van der Waals surface area contributed by atoms with Crippen LogP contribution in [0.15, 0.2) is 43.0 Å². The minimum absolute atomic E-state index is 0.0183. The highest BCUT2D eigenvalue weighted by Gasteiger charge is 2.12. The molecule has 0 saturated heterocycles. The Hall–Kier alpha value is -1.98. The van der Waals surface area contributed by atoms with E-state index >= 15 is 0 Å².